The van der Waals surface area contributed by atoms with Crippen LogP contribution in [0.3, 0.4) is 0 Å². The molecule has 0 aliphatic carbocycles. The fourth-order valence-corrected chi connectivity index (χ4v) is 2.22. The predicted octanol–water partition coefficient (Wildman–Crippen LogP) is 1.99. The molecule has 0 saturated heterocycles. The Morgan fingerprint density at radius 3 is 2.70 bits per heavy atom. The number of nitrogens with zero attached hydrogens (tertiary/aromatic N) is 3. The first-order valence-electron chi connectivity index (χ1n) is 7.60. The number of aromatic amines is 1. The molecule has 0 radical (unpaired) electrons. The zero-order valence-electron chi connectivity index (χ0n) is 13.8. The van der Waals surface area contributed by atoms with Gasteiger partial charge in [-0.05, 0) is 38.2 Å². The fraction of sp³-hybridized carbons (Fsp3) is 0.412. The second-order valence-electron chi connectivity index (χ2n) is 5.96. The van der Waals surface area contributed by atoms with Crippen LogP contribution in [-0.2, 0) is 17.8 Å². The molecule has 2 aromatic rings. The number of H-pyrrole nitrogens is 1. The second kappa shape index (κ2) is 7.87. The number of halogens is 1. The highest BCUT2D eigenvalue weighted by molar-refractivity contribution is 5.78. The highest BCUT2D eigenvalue weighted by atomic mass is 19.1. The number of benzene rings is 1. The van der Waals surface area contributed by atoms with E-state index in [2.05, 4.69) is 9.97 Å². The minimum Gasteiger partial charge on any atom is -0.347 e. The summed E-state index contributed by atoms with van der Waals surface area (Å²) in [6.07, 6.45) is 3.50. The van der Waals surface area contributed by atoms with E-state index in [-0.39, 0.29) is 18.1 Å². The average Bonchev–Trinajstić information content (AvgIpc) is 3.00. The van der Waals surface area contributed by atoms with Crippen LogP contribution in [0.4, 0.5) is 4.39 Å². The molecule has 0 aliphatic rings. The molecule has 0 atom stereocenters. The number of carbonyl (C=O) groups is 1. The summed E-state index contributed by atoms with van der Waals surface area (Å²) in [5, 5.41) is 0. The summed E-state index contributed by atoms with van der Waals surface area (Å²) in [6, 6.07) is 4.95. The Hall–Kier alpha value is -2.21. The van der Waals surface area contributed by atoms with Crippen LogP contribution in [0.15, 0.2) is 30.7 Å². The third kappa shape index (κ3) is 5.17. The SMILES string of the molecule is Cc1ccc(CC(=O)N(CCN(C)C)Cc2cnc[nH]2)cc1F. The van der Waals surface area contributed by atoms with Crippen LogP contribution >= 0.6 is 0 Å². The first kappa shape index (κ1) is 17.1. The number of rotatable bonds is 7. The molecule has 2 rings (SSSR count). The van der Waals surface area contributed by atoms with Crippen LogP contribution < -0.4 is 0 Å². The van der Waals surface area contributed by atoms with Crippen molar-refractivity contribution in [1.29, 1.82) is 0 Å². The van der Waals surface area contributed by atoms with Gasteiger partial charge >= 0.3 is 0 Å². The number of aromatic nitrogens is 2. The largest absolute Gasteiger partial charge is 0.347 e. The molecular weight excluding hydrogens is 295 g/mol. The van der Waals surface area contributed by atoms with E-state index in [4.69, 9.17) is 0 Å². The minimum atomic E-state index is -0.274. The van der Waals surface area contributed by atoms with E-state index >= 15 is 0 Å². The number of hydrogen-bond donors (Lipinski definition) is 1. The Morgan fingerprint density at radius 2 is 2.09 bits per heavy atom. The van der Waals surface area contributed by atoms with Crippen LogP contribution in [0.1, 0.15) is 16.8 Å². The van der Waals surface area contributed by atoms with Gasteiger partial charge in [-0.1, -0.05) is 12.1 Å². The molecule has 0 aliphatic heterocycles. The molecule has 6 heteroatoms. The topological polar surface area (TPSA) is 52.2 Å². The third-order valence-corrected chi connectivity index (χ3v) is 3.68. The molecule has 0 fully saturated rings. The first-order valence-corrected chi connectivity index (χ1v) is 7.60. The van der Waals surface area contributed by atoms with Crippen molar-refractivity contribution in [3.63, 3.8) is 0 Å². The monoisotopic (exact) mass is 318 g/mol. The van der Waals surface area contributed by atoms with Gasteiger partial charge in [-0.3, -0.25) is 4.79 Å². The third-order valence-electron chi connectivity index (χ3n) is 3.68. The highest BCUT2D eigenvalue weighted by Crippen LogP contribution is 2.12. The van der Waals surface area contributed by atoms with E-state index < -0.39 is 0 Å². The maximum atomic E-state index is 13.6. The van der Waals surface area contributed by atoms with Gasteiger partial charge in [0.25, 0.3) is 0 Å². The van der Waals surface area contributed by atoms with E-state index in [0.29, 0.717) is 24.2 Å². The zero-order chi connectivity index (χ0) is 16.8. The van der Waals surface area contributed by atoms with Crippen molar-refractivity contribution in [2.45, 2.75) is 19.9 Å². The van der Waals surface area contributed by atoms with E-state index in [1.165, 1.54) is 6.07 Å². The number of likely N-dealkylation sites (N-methyl/N-ethyl adjacent to an activating group) is 1. The Balaban J connectivity index is 2.06. The van der Waals surface area contributed by atoms with Crippen molar-refractivity contribution >= 4 is 5.91 Å². The normalized spacial score (nSPS) is 11.0. The molecule has 1 heterocycles. The summed E-state index contributed by atoms with van der Waals surface area (Å²) in [5.41, 5.74) is 2.16. The van der Waals surface area contributed by atoms with Gasteiger partial charge in [0.2, 0.25) is 5.91 Å². The molecule has 0 saturated carbocycles. The number of amides is 1. The van der Waals surface area contributed by atoms with E-state index in [1.807, 2.05) is 19.0 Å². The van der Waals surface area contributed by atoms with Gasteiger partial charge in [0, 0.05) is 19.3 Å². The first-order chi connectivity index (χ1) is 11.0. The maximum absolute atomic E-state index is 13.6. The molecule has 0 unspecified atom stereocenters. The Kier molecular flexibility index (Phi) is 5.87. The molecule has 0 bridgehead atoms. The lowest BCUT2D eigenvalue weighted by atomic mass is 10.1. The molecular formula is C17H23FN4O. The number of hydrogen-bond acceptors (Lipinski definition) is 3. The van der Waals surface area contributed by atoms with Crippen molar-refractivity contribution in [3.8, 4) is 0 Å². The van der Waals surface area contributed by atoms with Crippen molar-refractivity contribution in [1.82, 2.24) is 19.8 Å². The van der Waals surface area contributed by atoms with Gasteiger partial charge < -0.3 is 14.8 Å². The number of nitrogens with one attached hydrogen (secondary N) is 1. The van der Waals surface area contributed by atoms with Crippen molar-refractivity contribution in [2.24, 2.45) is 0 Å². The molecule has 1 aromatic carbocycles. The molecule has 1 amide bonds. The summed E-state index contributed by atoms with van der Waals surface area (Å²) < 4.78 is 13.6. The summed E-state index contributed by atoms with van der Waals surface area (Å²) >= 11 is 0. The quantitative estimate of drug-likeness (QED) is 0.849. The van der Waals surface area contributed by atoms with Gasteiger partial charge in [0.1, 0.15) is 5.82 Å². The lowest BCUT2D eigenvalue weighted by molar-refractivity contribution is -0.131. The van der Waals surface area contributed by atoms with Crippen LogP contribution in [0.2, 0.25) is 0 Å². The molecule has 1 N–H and O–H groups in total. The molecule has 1 aromatic heterocycles. The Bertz CT molecular complexity index is 640. The summed E-state index contributed by atoms with van der Waals surface area (Å²) in [7, 11) is 3.93. The van der Waals surface area contributed by atoms with Crippen LogP contribution in [0, 0.1) is 12.7 Å². The van der Waals surface area contributed by atoms with Crippen LogP contribution in [0.5, 0.6) is 0 Å². The summed E-state index contributed by atoms with van der Waals surface area (Å²) in [5.74, 6) is -0.298. The average molecular weight is 318 g/mol. The second-order valence-corrected chi connectivity index (χ2v) is 5.96. The van der Waals surface area contributed by atoms with Gasteiger partial charge in [-0.15, -0.1) is 0 Å². The molecule has 0 spiro atoms. The van der Waals surface area contributed by atoms with Crippen molar-refractivity contribution < 1.29 is 9.18 Å². The molecule has 23 heavy (non-hydrogen) atoms. The Morgan fingerprint density at radius 1 is 1.30 bits per heavy atom. The van der Waals surface area contributed by atoms with E-state index in [9.17, 15) is 9.18 Å². The molecule has 124 valence electrons. The highest BCUT2D eigenvalue weighted by Gasteiger charge is 2.16. The smallest absolute Gasteiger partial charge is 0.227 e. The molecule has 5 nitrogen and oxygen atoms in total. The van der Waals surface area contributed by atoms with Gasteiger partial charge in [-0.2, -0.15) is 0 Å². The lowest BCUT2D eigenvalue weighted by Crippen LogP contribution is -2.37. The number of carbonyl (C=O) groups excluding carboxylic acids is 1. The minimum absolute atomic E-state index is 0.0234. The van der Waals surface area contributed by atoms with Crippen LogP contribution in [-0.4, -0.2) is 52.9 Å². The fourth-order valence-electron chi connectivity index (χ4n) is 2.22. The van der Waals surface area contributed by atoms with Gasteiger partial charge in [0.15, 0.2) is 0 Å². The maximum Gasteiger partial charge on any atom is 0.227 e. The van der Waals surface area contributed by atoms with E-state index in [1.54, 1.807) is 36.5 Å². The Labute approximate surface area is 136 Å². The van der Waals surface area contributed by atoms with Gasteiger partial charge in [0.05, 0.1) is 25.0 Å². The number of aryl methyl sites for hydroxylation is 1. The predicted molar refractivity (Wildman–Crippen MR) is 87.4 cm³/mol. The number of imidazole rings is 1. The van der Waals surface area contributed by atoms with E-state index in [0.717, 1.165) is 12.2 Å². The van der Waals surface area contributed by atoms with Crippen LogP contribution in [0.25, 0.3) is 0 Å². The summed E-state index contributed by atoms with van der Waals surface area (Å²) in [4.78, 5) is 23.4. The van der Waals surface area contributed by atoms with Gasteiger partial charge in [-0.25, -0.2) is 9.37 Å². The van der Waals surface area contributed by atoms with Crippen molar-refractivity contribution in [3.05, 3.63) is 53.4 Å². The van der Waals surface area contributed by atoms with Crippen molar-refractivity contribution in [2.75, 3.05) is 27.2 Å². The standard InChI is InChI=1S/C17H23FN4O/c1-13-4-5-14(8-16(13)18)9-17(23)22(7-6-21(2)3)11-15-10-19-12-20-15/h4-5,8,10,12H,6-7,9,11H2,1-3H3,(H,19,20). The lowest BCUT2D eigenvalue weighted by Gasteiger charge is -2.24. The zero-order valence-corrected chi connectivity index (χ0v) is 13.8. The summed E-state index contributed by atoms with van der Waals surface area (Å²) in [6.45, 7) is 3.56.